The molecule has 1 aromatic heterocycles. The van der Waals surface area contributed by atoms with E-state index in [4.69, 9.17) is 35.5 Å². The quantitative estimate of drug-likeness (QED) is 0.155. The first kappa shape index (κ1) is 33.5. The third kappa shape index (κ3) is 7.24. The molecule has 0 radical (unpaired) electrons. The van der Waals surface area contributed by atoms with Crippen LogP contribution < -0.4 is 29.1 Å². The number of ether oxygens (including phenoxy) is 4. The first-order valence-corrected chi connectivity index (χ1v) is 16.9. The fourth-order valence-electron chi connectivity index (χ4n) is 5.16. The molecule has 8 nitrogen and oxygen atoms in total. The van der Waals surface area contributed by atoms with Crippen LogP contribution in [0.25, 0.3) is 6.08 Å². The van der Waals surface area contributed by atoms with Gasteiger partial charge < -0.3 is 18.9 Å². The van der Waals surface area contributed by atoms with Crippen LogP contribution in [0.3, 0.4) is 0 Å². The van der Waals surface area contributed by atoms with E-state index < -0.39 is 12.0 Å². The molecule has 46 heavy (non-hydrogen) atoms. The summed E-state index contributed by atoms with van der Waals surface area (Å²) in [7, 11) is 0. The summed E-state index contributed by atoms with van der Waals surface area (Å²) >= 11 is 11.0. The van der Waals surface area contributed by atoms with Crippen molar-refractivity contribution in [2.45, 2.75) is 53.4 Å². The number of nitrogens with zero attached hydrogens (tertiary/aromatic N) is 2. The highest BCUT2D eigenvalue weighted by atomic mass is 79.9. The zero-order chi connectivity index (χ0) is 33.0. The standard InChI is InChI=1S/C35H34BrClN2O6S/c1-6-42-28-17-23(16-26(36)32(28)44-19-22-11-10-12-24(37)15-22)18-29-33(40)39-31(25-13-8-9-14-27(25)45-20(3)4)30(34(41)43-7-2)21(5)38-35(39)46-29/h8-18,20,31H,6-7,19H2,1-5H3/b29-18-/t31-/m0/s1. The number of thiazole rings is 1. The number of aromatic nitrogens is 1. The van der Waals surface area contributed by atoms with E-state index in [9.17, 15) is 9.59 Å². The molecule has 2 heterocycles. The third-order valence-corrected chi connectivity index (χ3v) is 8.80. The monoisotopic (exact) mass is 724 g/mol. The summed E-state index contributed by atoms with van der Waals surface area (Å²) in [6.07, 6.45) is 1.66. The SMILES string of the molecule is CCOC(=O)C1=C(C)N=c2s/c(=C\c3cc(Br)c(OCc4cccc(Cl)c4)c(OCC)c3)c(=O)n2[C@H]1c1ccccc1OC(C)C. The van der Waals surface area contributed by atoms with Crippen molar-refractivity contribution in [3.8, 4) is 17.2 Å². The van der Waals surface area contributed by atoms with Crippen LogP contribution in [0, 0.1) is 0 Å². The Hall–Kier alpha value is -3.86. The van der Waals surface area contributed by atoms with Crippen molar-refractivity contribution in [3.63, 3.8) is 0 Å². The molecule has 0 saturated carbocycles. The van der Waals surface area contributed by atoms with E-state index in [0.29, 0.717) is 66.1 Å². The van der Waals surface area contributed by atoms with Gasteiger partial charge in [-0.05, 0) is 98.1 Å². The van der Waals surface area contributed by atoms with Crippen LogP contribution >= 0.6 is 38.9 Å². The lowest BCUT2D eigenvalue weighted by Crippen LogP contribution is -2.40. The summed E-state index contributed by atoms with van der Waals surface area (Å²) in [5.74, 6) is 1.11. The second-order valence-electron chi connectivity index (χ2n) is 10.7. The van der Waals surface area contributed by atoms with E-state index in [1.54, 1.807) is 24.5 Å². The minimum Gasteiger partial charge on any atom is -0.491 e. The molecule has 0 aliphatic carbocycles. The maximum Gasteiger partial charge on any atom is 0.338 e. The second-order valence-corrected chi connectivity index (χ2v) is 13.0. The second kappa shape index (κ2) is 14.7. The Kier molecular flexibility index (Phi) is 10.7. The van der Waals surface area contributed by atoms with Crippen molar-refractivity contribution in [3.05, 3.63) is 118 Å². The zero-order valence-corrected chi connectivity index (χ0v) is 29.3. The van der Waals surface area contributed by atoms with Crippen molar-refractivity contribution in [1.82, 2.24) is 4.57 Å². The topological polar surface area (TPSA) is 88.4 Å². The highest BCUT2D eigenvalue weighted by molar-refractivity contribution is 9.10. The highest BCUT2D eigenvalue weighted by Crippen LogP contribution is 2.38. The first-order valence-electron chi connectivity index (χ1n) is 14.9. The van der Waals surface area contributed by atoms with Gasteiger partial charge in [-0.3, -0.25) is 9.36 Å². The smallest absolute Gasteiger partial charge is 0.338 e. The van der Waals surface area contributed by atoms with Crippen LogP contribution in [0.15, 0.2) is 86.2 Å². The molecule has 0 spiro atoms. The van der Waals surface area contributed by atoms with Gasteiger partial charge in [0, 0.05) is 10.6 Å². The van der Waals surface area contributed by atoms with E-state index >= 15 is 0 Å². The van der Waals surface area contributed by atoms with Crippen LogP contribution in [0.1, 0.15) is 57.4 Å². The number of para-hydroxylation sites is 1. The Bertz CT molecular complexity index is 1980. The van der Waals surface area contributed by atoms with Crippen LogP contribution in [-0.2, 0) is 16.1 Å². The van der Waals surface area contributed by atoms with Gasteiger partial charge in [-0.15, -0.1) is 0 Å². The van der Waals surface area contributed by atoms with Gasteiger partial charge >= 0.3 is 5.97 Å². The van der Waals surface area contributed by atoms with Gasteiger partial charge in [0.15, 0.2) is 16.3 Å². The van der Waals surface area contributed by atoms with Crippen molar-refractivity contribution >= 4 is 50.9 Å². The number of hydrogen-bond donors (Lipinski definition) is 0. The molecular weight excluding hydrogens is 692 g/mol. The Labute approximate surface area is 284 Å². The van der Waals surface area contributed by atoms with Crippen molar-refractivity contribution in [1.29, 1.82) is 0 Å². The molecule has 1 atom stereocenters. The molecule has 0 fully saturated rings. The molecular formula is C35H34BrClN2O6S. The van der Waals surface area contributed by atoms with Crippen LogP contribution in [-0.4, -0.2) is 29.9 Å². The Morgan fingerprint density at radius 1 is 1.07 bits per heavy atom. The Morgan fingerprint density at radius 3 is 2.57 bits per heavy atom. The first-order chi connectivity index (χ1) is 22.1. The van der Waals surface area contributed by atoms with E-state index in [0.717, 1.165) is 11.1 Å². The largest absolute Gasteiger partial charge is 0.491 e. The summed E-state index contributed by atoms with van der Waals surface area (Å²) in [6, 6.07) is 17.8. The predicted octanol–water partition coefficient (Wildman–Crippen LogP) is 6.98. The fraction of sp³-hybridized carbons (Fsp3) is 0.286. The molecule has 11 heteroatoms. The highest BCUT2D eigenvalue weighted by Gasteiger charge is 2.35. The zero-order valence-electron chi connectivity index (χ0n) is 26.1. The number of halogens is 2. The molecule has 0 unspecified atom stereocenters. The Morgan fingerprint density at radius 2 is 1.85 bits per heavy atom. The maximum atomic E-state index is 14.2. The van der Waals surface area contributed by atoms with Crippen molar-refractivity contribution in [2.75, 3.05) is 13.2 Å². The number of hydrogen-bond acceptors (Lipinski definition) is 8. The minimum atomic E-state index is -0.791. The molecule has 0 bridgehead atoms. The maximum absolute atomic E-state index is 14.2. The van der Waals surface area contributed by atoms with Gasteiger partial charge in [-0.2, -0.15) is 0 Å². The molecule has 1 aliphatic heterocycles. The summed E-state index contributed by atoms with van der Waals surface area (Å²) in [4.78, 5) is 32.7. The Balaban J connectivity index is 1.62. The summed E-state index contributed by atoms with van der Waals surface area (Å²) in [5.41, 5.74) is 2.79. The van der Waals surface area contributed by atoms with Gasteiger partial charge in [-0.25, -0.2) is 9.79 Å². The van der Waals surface area contributed by atoms with Crippen molar-refractivity contribution in [2.24, 2.45) is 4.99 Å². The number of esters is 1. The molecule has 1 aliphatic rings. The third-order valence-electron chi connectivity index (χ3n) is 6.99. The number of benzene rings is 3. The summed E-state index contributed by atoms with van der Waals surface area (Å²) in [6.45, 7) is 10.2. The number of allylic oxidation sites excluding steroid dienone is 1. The number of fused-ring (bicyclic) bond motifs is 1. The van der Waals surface area contributed by atoms with Gasteiger partial charge in [0.1, 0.15) is 18.4 Å². The molecule has 0 amide bonds. The summed E-state index contributed by atoms with van der Waals surface area (Å²) in [5, 5.41) is 0.629. The molecule has 4 aromatic rings. The molecule has 0 saturated heterocycles. The number of carbonyl (C=O) groups excluding carboxylic acids is 1. The lowest BCUT2D eigenvalue weighted by atomic mass is 9.95. The van der Waals surface area contributed by atoms with Crippen molar-refractivity contribution < 1.29 is 23.7 Å². The van der Waals surface area contributed by atoms with Gasteiger partial charge in [0.2, 0.25) is 0 Å². The molecule has 240 valence electrons. The van der Waals surface area contributed by atoms with Crippen LogP contribution in [0.2, 0.25) is 5.02 Å². The van der Waals surface area contributed by atoms with Crippen LogP contribution in [0.5, 0.6) is 17.2 Å². The van der Waals surface area contributed by atoms with Gasteiger partial charge in [-0.1, -0.05) is 53.3 Å². The minimum absolute atomic E-state index is 0.122. The molecule has 5 rings (SSSR count). The van der Waals surface area contributed by atoms with E-state index in [1.807, 2.05) is 81.4 Å². The lowest BCUT2D eigenvalue weighted by molar-refractivity contribution is -0.139. The lowest BCUT2D eigenvalue weighted by Gasteiger charge is -2.26. The van der Waals surface area contributed by atoms with E-state index in [-0.39, 0.29) is 18.3 Å². The summed E-state index contributed by atoms with van der Waals surface area (Å²) < 4.78 is 26.3. The van der Waals surface area contributed by atoms with Gasteiger partial charge in [0.25, 0.3) is 5.56 Å². The van der Waals surface area contributed by atoms with E-state index in [1.165, 1.54) is 11.3 Å². The number of carbonyl (C=O) groups is 1. The van der Waals surface area contributed by atoms with Crippen LogP contribution in [0.4, 0.5) is 0 Å². The number of rotatable bonds is 11. The predicted molar refractivity (Wildman–Crippen MR) is 184 cm³/mol. The van der Waals surface area contributed by atoms with E-state index in [2.05, 4.69) is 15.9 Å². The average molecular weight is 726 g/mol. The molecule has 3 aromatic carbocycles. The normalized spacial score (nSPS) is 14.6. The fourth-order valence-corrected chi connectivity index (χ4v) is 7.00. The van der Waals surface area contributed by atoms with Gasteiger partial charge in [0.05, 0.1) is 39.6 Å². The average Bonchev–Trinajstić information content (AvgIpc) is 3.30. The molecule has 0 N–H and O–H groups in total.